The Balaban J connectivity index is 1.59. The molecule has 2 aliphatic carbocycles. The van der Waals surface area contributed by atoms with Crippen LogP contribution < -0.4 is 20.5 Å². The van der Waals surface area contributed by atoms with E-state index in [2.05, 4.69) is 10.1 Å². The van der Waals surface area contributed by atoms with Gasteiger partial charge in [0.1, 0.15) is 0 Å². The molecule has 0 heterocycles. The Labute approximate surface area is 158 Å². The van der Waals surface area contributed by atoms with Gasteiger partial charge in [-0.2, -0.15) is 8.78 Å². The van der Waals surface area contributed by atoms with Crippen molar-refractivity contribution in [2.75, 3.05) is 6.61 Å². The third-order valence-electron chi connectivity index (χ3n) is 5.77. The molecule has 7 heteroatoms. The summed E-state index contributed by atoms with van der Waals surface area (Å²) in [6.45, 7) is -0.482. The third kappa shape index (κ3) is 4.89. The molecular formula is C20H28F2N2O3. The summed E-state index contributed by atoms with van der Waals surface area (Å²) >= 11 is 0. The number of amides is 1. The monoisotopic (exact) mass is 382 g/mol. The van der Waals surface area contributed by atoms with E-state index < -0.39 is 6.61 Å². The van der Waals surface area contributed by atoms with Crippen molar-refractivity contribution in [1.82, 2.24) is 5.32 Å². The standard InChI is InChI=1S/C20H28F2N2O3/c1-2-26-17-8-12(6-7-16(17)27-20(21)22)11-24-19(25)15-9-13-4-3-5-14(10-15)18(13)23/h6-8,13-15,18,20H,2-5,9-11,23H2,1H3,(H,24,25). The minimum atomic E-state index is -2.91. The van der Waals surface area contributed by atoms with Gasteiger partial charge in [0, 0.05) is 18.5 Å². The van der Waals surface area contributed by atoms with Crippen LogP contribution in [0.3, 0.4) is 0 Å². The highest BCUT2D eigenvalue weighted by molar-refractivity contribution is 5.78. The van der Waals surface area contributed by atoms with Crippen LogP contribution in [-0.4, -0.2) is 25.2 Å². The van der Waals surface area contributed by atoms with Gasteiger partial charge in [-0.1, -0.05) is 12.5 Å². The highest BCUT2D eigenvalue weighted by Gasteiger charge is 2.40. The van der Waals surface area contributed by atoms with Crippen molar-refractivity contribution in [3.05, 3.63) is 23.8 Å². The number of benzene rings is 1. The summed E-state index contributed by atoms with van der Waals surface area (Å²) in [5.41, 5.74) is 7.07. The maximum absolute atomic E-state index is 12.6. The van der Waals surface area contributed by atoms with Crippen LogP contribution in [-0.2, 0) is 11.3 Å². The first-order valence-electron chi connectivity index (χ1n) is 9.71. The van der Waals surface area contributed by atoms with Crippen LogP contribution >= 0.6 is 0 Å². The second kappa shape index (κ2) is 8.87. The molecule has 2 aliphatic rings. The van der Waals surface area contributed by atoms with Gasteiger partial charge in [-0.25, -0.2) is 0 Å². The fraction of sp³-hybridized carbons (Fsp3) is 0.650. The molecule has 3 N–H and O–H groups in total. The Hall–Kier alpha value is -1.89. The molecule has 27 heavy (non-hydrogen) atoms. The van der Waals surface area contributed by atoms with E-state index >= 15 is 0 Å². The minimum Gasteiger partial charge on any atom is -0.490 e. The van der Waals surface area contributed by atoms with E-state index in [1.165, 1.54) is 12.5 Å². The van der Waals surface area contributed by atoms with Crippen LogP contribution in [0, 0.1) is 17.8 Å². The number of hydrogen-bond donors (Lipinski definition) is 2. The SMILES string of the molecule is CCOc1cc(CNC(=O)C2CC3CCCC(C2)C3N)ccc1OC(F)F. The molecule has 0 aliphatic heterocycles. The Morgan fingerprint density at radius 3 is 2.59 bits per heavy atom. The fourth-order valence-electron chi connectivity index (χ4n) is 4.46. The van der Waals surface area contributed by atoms with Crippen molar-refractivity contribution in [2.45, 2.75) is 58.2 Å². The zero-order valence-corrected chi connectivity index (χ0v) is 15.6. The van der Waals surface area contributed by atoms with Crippen molar-refractivity contribution in [2.24, 2.45) is 23.5 Å². The smallest absolute Gasteiger partial charge is 0.387 e. The molecule has 1 aromatic carbocycles. The molecule has 1 amide bonds. The normalized spacial score (nSPS) is 27.3. The highest BCUT2D eigenvalue weighted by Crippen LogP contribution is 2.42. The van der Waals surface area contributed by atoms with Gasteiger partial charge in [0.05, 0.1) is 6.61 Å². The molecule has 150 valence electrons. The minimum absolute atomic E-state index is 0.00369. The van der Waals surface area contributed by atoms with Gasteiger partial charge >= 0.3 is 6.61 Å². The average molecular weight is 382 g/mol. The number of hydrogen-bond acceptors (Lipinski definition) is 4. The number of nitrogens with one attached hydrogen (secondary N) is 1. The fourth-order valence-corrected chi connectivity index (χ4v) is 4.46. The highest BCUT2D eigenvalue weighted by atomic mass is 19.3. The molecule has 0 saturated heterocycles. The molecule has 5 nitrogen and oxygen atoms in total. The number of ether oxygens (including phenoxy) is 2. The van der Waals surface area contributed by atoms with E-state index in [1.54, 1.807) is 19.1 Å². The lowest BCUT2D eigenvalue weighted by Gasteiger charge is -2.43. The van der Waals surface area contributed by atoms with Crippen molar-refractivity contribution in [3.63, 3.8) is 0 Å². The van der Waals surface area contributed by atoms with Crippen LogP contribution in [0.4, 0.5) is 8.78 Å². The summed E-state index contributed by atoms with van der Waals surface area (Å²) in [7, 11) is 0. The van der Waals surface area contributed by atoms with Crippen molar-refractivity contribution < 1.29 is 23.0 Å². The van der Waals surface area contributed by atoms with E-state index in [4.69, 9.17) is 10.5 Å². The maximum Gasteiger partial charge on any atom is 0.387 e. The van der Waals surface area contributed by atoms with Gasteiger partial charge in [0.15, 0.2) is 11.5 Å². The zero-order chi connectivity index (χ0) is 19.4. The largest absolute Gasteiger partial charge is 0.490 e. The van der Waals surface area contributed by atoms with Gasteiger partial charge in [-0.05, 0) is 62.1 Å². The molecule has 2 bridgehead atoms. The van der Waals surface area contributed by atoms with Gasteiger partial charge in [0.25, 0.3) is 0 Å². The van der Waals surface area contributed by atoms with Gasteiger partial charge in [-0.15, -0.1) is 0 Å². The van der Waals surface area contributed by atoms with E-state index in [0.717, 1.165) is 31.2 Å². The number of carbonyl (C=O) groups is 1. The number of alkyl halides is 2. The van der Waals surface area contributed by atoms with E-state index in [9.17, 15) is 13.6 Å². The first-order valence-corrected chi connectivity index (χ1v) is 9.71. The second-order valence-corrected chi connectivity index (χ2v) is 7.51. The van der Waals surface area contributed by atoms with Crippen LogP contribution in [0.1, 0.15) is 44.6 Å². The van der Waals surface area contributed by atoms with E-state index in [1.807, 2.05) is 0 Å². The predicted molar refractivity (Wildman–Crippen MR) is 97.6 cm³/mol. The quantitative estimate of drug-likeness (QED) is 0.757. The molecule has 1 aromatic rings. The number of carbonyl (C=O) groups excluding carboxylic acids is 1. The Morgan fingerprint density at radius 2 is 1.96 bits per heavy atom. The Bertz CT molecular complexity index is 642. The summed E-state index contributed by atoms with van der Waals surface area (Å²) < 4.78 is 34.8. The lowest BCUT2D eigenvalue weighted by atomic mass is 9.65. The van der Waals surface area contributed by atoms with Crippen LogP contribution in [0.15, 0.2) is 18.2 Å². The summed E-state index contributed by atoms with van der Waals surface area (Å²) in [6.07, 6.45) is 5.16. The Kier molecular flexibility index (Phi) is 6.52. The van der Waals surface area contributed by atoms with Crippen LogP contribution in [0.2, 0.25) is 0 Å². The van der Waals surface area contributed by atoms with Crippen molar-refractivity contribution in [1.29, 1.82) is 0 Å². The molecule has 0 spiro atoms. The number of fused-ring (bicyclic) bond motifs is 2. The van der Waals surface area contributed by atoms with Crippen LogP contribution in [0.5, 0.6) is 11.5 Å². The van der Waals surface area contributed by atoms with E-state index in [0.29, 0.717) is 25.0 Å². The molecular weight excluding hydrogens is 354 g/mol. The number of halogens is 2. The number of rotatable bonds is 7. The lowest BCUT2D eigenvalue weighted by molar-refractivity contribution is -0.128. The predicted octanol–water partition coefficient (Wildman–Crippen LogP) is 3.46. The zero-order valence-electron chi connectivity index (χ0n) is 15.6. The summed E-state index contributed by atoms with van der Waals surface area (Å²) in [5.74, 6) is 1.20. The van der Waals surface area contributed by atoms with E-state index in [-0.39, 0.29) is 29.4 Å². The topological polar surface area (TPSA) is 73.6 Å². The van der Waals surface area contributed by atoms with Crippen LogP contribution in [0.25, 0.3) is 0 Å². The first-order chi connectivity index (χ1) is 13.0. The summed E-state index contributed by atoms with van der Waals surface area (Å²) in [5, 5.41) is 2.98. The van der Waals surface area contributed by atoms with Gasteiger partial charge < -0.3 is 20.5 Å². The second-order valence-electron chi connectivity index (χ2n) is 7.51. The lowest BCUT2D eigenvalue weighted by Crippen LogP contribution is -2.49. The summed E-state index contributed by atoms with van der Waals surface area (Å²) in [6, 6.07) is 4.97. The number of nitrogens with two attached hydrogens (primary N) is 1. The van der Waals surface area contributed by atoms with Crippen molar-refractivity contribution in [3.8, 4) is 11.5 Å². The molecule has 2 atom stereocenters. The average Bonchev–Trinajstić information content (AvgIpc) is 2.61. The molecule has 0 radical (unpaired) electrons. The molecule has 2 fully saturated rings. The molecule has 3 rings (SSSR count). The molecule has 0 aromatic heterocycles. The van der Waals surface area contributed by atoms with Gasteiger partial charge in [0.2, 0.25) is 5.91 Å². The third-order valence-corrected chi connectivity index (χ3v) is 5.77. The van der Waals surface area contributed by atoms with Gasteiger partial charge in [-0.3, -0.25) is 4.79 Å². The molecule has 2 saturated carbocycles. The summed E-state index contributed by atoms with van der Waals surface area (Å²) in [4.78, 5) is 12.6. The Morgan fingerprint density at radius 1 is 1.26 bits per heavy atom. The maximum atomic E-state index is 12.6. The first kappa shape index (κ1) is 19.9. The van der Waals surface area contributed by atoms with Crippen molar-refractivity contribution >= 4 is 5.91 Å². The molecule has 2 unspecified atom stereocenters.